The summed E-state index contributed by atoms with van der Waals surface area (Å²) in [5.74, 6) is -0.417. The van der Waals surface area contributed by atoms with Crippen LogP contribution < -0.4 is 15.8 Å². The highest BCUT2D eigenvalue weighted by Gasteiger charge is 2.15. The first-order chi connectivity index (χ1) is 9.85. The van der Waals surface area contributed by atoms with E-state index >= 15 is 0 Å². The standard InChI is InChI=1S/C13H19N3O3S2/c1-2-15-12(17)7-8-16-21(18,19)9-10-5-3-4-6-11(10)13(14)20/h3-6,16H,2,7-9H2,1H3,(H2,14,20)(H,15,17). The summed E-state index contributed by atoms with van der Waals surface area (Å²) in [5.41, 5.74) is 6.65. The maximum absolute atomic E-state index is 12.0. The van der Waals surface area contributed by atoms with Gasteiger partial charge in [0.25, 0.3) is 0 Å². The summed E-state index contributed by atoms with van der Waals surface area (Å²) in [6.45, 7) is 2.38. The molecule has 0 heterocycles. The van der Waals surface area contributed by atoms with Gasteiger partial charge in [0.15, 0.2) is 0 Å². The lowest BCUT2D eigenvalue weighted by Gasteiger charge is -2.10. The third kappa shape index (κ3) is 6.19. The Morgan fingerprint density at radius 3 is 2.62 bits per heavy atom. The Morgan fingerprint density at radius 2 is 2.00 bits per heavy atom. The highest BCUT2D eigenvalue weighted by atomic mass is 32.2. The summed E-state index contributed by atoms with van der Waals surface area (Å²) >= 11 is 4.90. The van der Waals surface area contributed by atoms with Gasteiger partial charge >= 0.3 is 0 Å². The van der Waals surface area contributed by atoms with Crippen molar-refractivity contribution in [3.63, 3.8) is 0 Å². The molecule has 0 aliphatic heterocycles. The maximum Gasteiger partial charge on any atom is 0.221 e. The van der Waals surface area contributed by atoms with E-state index in [-0.39, 0.29) is 29.6 Å². The minimum atomic E-state index is -3.55. The quantitative estimate of drug-likeness (QED) is 0.594. The Bertz CT molecular complexity index is 615. The predicted molar refractivity (Wildman–Crippen MR) is 86.3 cm³/mol. The average Bonchev–Trinajstić information content (AvgIpc) is 2.38. The van der Waals surface area contributed by atoms with Gasteiger partial charge in [-0.25, -0.2) is 13.1 Å². The van der Waals surface area contributed by atoms with Crippen LogP contribution in [0.4, 0.5) is 0 Å². The Morgan fingerprint density at radius 1 is 1.33 bits per heavy atom. The fourth-order valence-corrected chi connectivity index (χ4v) is 3.12. The Hall–Kier alpha value is -1.51. The van der Waals surface area contributed by atoms with Crippen LogP contribution in [0, 0.1) is 0 Å². The van der Waals surface area contributed by atoms with Gasteiger partial charge in [-0.3, -0.25) is 4.79 Å². The fourth-order valence-electron chi connectivity index (χ4n) is 1.75. The molecule has 1 amide bonds. The highest BCUT2D eigenvalue weighted by Crippen LogP contribution is 2.12. The molecule has 0 spiro atoms. The van der Waals surface area contributed by atoms with Crippen molar-refractivity contribution in [2.75, 3.05) is 13.1 Å². The molecular formula is C13H19N3O3S2. The lowest BCUT2D eigenvalue weighted by molar-refractivity contribution is -0.120. The number of amides is 1. The lowest BCUT2D eigenvalue weighted by atomic mass is 10.1. The first kappa shape index (κ1) is 17.5. The molecule has 1 rings (SSSR count). The summed E-state index contributed by atoms with van der Waals surface area (Å²) in [6.07, 6.45) is 0.101. The Balaban J connectivity index is 2.65. The van der Waals surface area contributed by atoms with Crippen LogP contribution in [0.25, 0.3) is 0 Å². The van der Waals surface area contributed by atoms with Crippen LogP contribution in [0.15, 0.2) is 24.3 Å². The van der Waals surface area contributed by atoms with E-state index in [1.807, 2.05) is 0 Å². The van der Waals surface area contributed by atoms with Gasteiger partial charge < -0.3 is 11.1 Å². The van der Waals surface area contributed by atoms with E-state index in [0.29, 0.717) is 17.7 Å². The number of nitrogens with two attached hydrogens (primary N) is 1. The van der Waals surface area contributed by atoms with Crippen LogP contribution in [0.1, 0.15) is 24.5 Å². The van der Waals surface area contributed by atoms with Crippen LogP contribution in [0.3, 0.4) is 0 Å². The summed E-state index contributed by atoms with van der Waals surface area (Å²) in [4.78, 5) is 11.4. The normalized spacial score (nSPS) is 11.1. The molecule has 0 radical (unpaired) electrons. The third-order valence-electron chi connectivity index (χ3n) is 2.68. The van der Waals surface area contributed by atoms with Crippen LogP contribution in [-0.2, 0) is 20.6 Å². The van der Waals surface area contributed by atoms with Crippen molar-refractivity contribution in [3.05, 3.63) is 35.4 Å². The van der Waals surface area contributed by atoms with Crippen LogP contribution in [0.2, 0.25) is 0 Å². The van der Waals surface area contributed by atoms with Gasteiger partial charge in [0.05, 0.1) is 5.75 Å². The first-order valence-electron chi connectivity index (χ1n) is 6.47. The third-order valence-corrected chi connectivity index (χ3v) is 4.23. The number of hydrogen-bond acceptors (Lipinski definition) is 4. The fraction of sp³-hybridized carbons (Fsp3) is 0.385. The molecule has 0 aliphatic carbocycles. The molecular weight excluding hydrogens is 310 g/mol. The van der Waals surface area contributed by atoms with E-state index in [2.05, 4.69) is 10.0 Å². The molecule has 6 nitrogen and oxygen atoms in total. The summed E-state index contributed by atoms with van der Waals surface area (Å²) in [7, 11) is -3.55. The van der Waals surface area contributed by atoms with Gasteiger partial charge in [-0.15, -0.1) is 0 Å². The first-order valence-corrected chi connectivity index (χ1v) is 8.53. The molecule has 0 bridgehead atoms. The number of thiocarbonyl (C=S) groups is 1. The van der Waals surface area contributed by atoms with Gasteiger partial charge in [-0.05, 0) is 12.5 Å². The number of carbonyl (C=O) groups excluding carboxylic acids is 1. The van der Waals surface area contributed by atoms with E-state index in [1.165, 1.54) is 0 Å². The summed E-state index contributed by atoms with van der Waals surface area (Å²) in [5, 5.41) is 2.60. The molecule has 21 heavy (non-hydrogen) atoms. The second kappa shape index (κ2) is 8.06. The van der Waals surface area contributed by atoms with Crippen molar-refractivity contribution in [1.82, 2.24) is 10.0 Å². The zero-order valence-electron chi connectivity index (χ0n) is 11.8. The van der Waals surface area contributed by atoms with E-state index < -0.39 is 10.0 Å². The minimum Gasteiger partial charge on any atom is -0.389 e. The zero-order chi connectivity index (χ0) is 15.9. The number of carbonyl (C=O) groups is 1. The van der Waals surface area contributed by atoms with Crippen LogP contribution >= 0.6 is 12.2 Å². The van der Waals surface area contributed by atoms with Crippen molar-refractivity contribution < 1.29 is 13.2 Å². The summed E-state index contributed by atoms with van der Waals surface area (Å²) in [6, 6.07) is 6.81. The molecule has 8 heteroatoms. The molecule has 0 saturated heterocycles. The van der Waals surface area contributed by atoms with Gasteiger partial charge in [-0.1, -0.05) is 36.5 Å². The molecule has 1 aromatic rings. The Kier molecular flexibility index (Phi) is 6.73. The number of hydrogen-bond donors (Lipinski definition) is 3. The SMILES string of the molecule is CCNC(=O)CCNS(=O)(=O)Cc1ccccc1C(N)=S. The predicted octanol–water partition coefficient (Wildman–Crippen LogP) is 0.266. The monoisotopic (exact) mass is 329 g/mol. The van der Waals surface area contributed by atoms with Gasteiger partial charge in [0.1, 0.15) is 4.99 Å². The van der Waals surface area contributed by atoms with Crippen molar-refractivity contribution in [2.45, 2.75) is 19.1 Å². The van der Waals surface area contributed by atoms with E-state index in [1.54, 1.807) is 31.2 Å². The maximum atomic E-state index is 12.0. The van der Waals surface area contributed by atoms with E-state index in [4.69, 9.17) is 18.0 Å². The van der Waals surface area contributed by atoms with Crippen LogP contribution in [0.5, 0.6) is 0 Å². The second-order valence-electron chi connectivity index (χ2n) is 4.38. The van der Waals surface area contributed by atoms with Crippen molar-refractivity contribution in [2.24, 2.45) is 5.73 Å². The Labute approximate surface area is 130 Å². The van der Waals surface area contributed by atoms with Crippen molar-refractivity contribution >= 4 is 33.1 Å². The molecule has 4 N–H and O–H groups in total. The molecule has 0 saturated carbocycles. The number of nitrogens with one attached hydrogen (secondary N) is 2. The van der Waals surface area contributed by atoms with E-state index in [9.17, 15) is 13.2 Å². The molecule has 116 valence electrons. The average molecular weight is 329 g/mol. The number of benzene rings is 1. The molecule has 0 unspecified atom stereocenters. The molecule has 0 atom stereocenters. The minimum absolute atomic E-state index is 0.0589. The smallest absolute Gasteiger partial charge is 0.221 e. The van der Waals surface area contributed by atoms with Gasteiger partial charge in [-0.2, -0.15) is 0 Å². The molecule has 0 aliphatic rings. The lowest BCUT2D eigenvalue weighted by Crippen LogP contribution is -2.31. The number of sulfonamides is 1. The summed E-state index contributed by atoms with van der Waals surface area (Å²) < 4.78 is 26.4. The molecule has 1 aromatic carbocycles. The van der Waals surface area contributed by atoms with Crippen molar-refractivity contribution in [1.29, 1.82) is 0 Å². The van der Waals surface area contributed by atoms with Gasteiger partial charge in [0, 0.05) is 25.1 Å². The van der Waals surface area contributed by atoms with E-state index in [0.717, 1.165) is 0 Å². The van der Waals surface area contributed by atoms with Crippen LogP contribution in [-0.4, -0.2) is 32.4 Å². The topological polar surface area (TPSA) is 101 Å². The molecule has 0 aromatic heterocycles. The zero-order valence-corrected chi connectivity index (χ0v) is 13.4. The van der Waals surface area contributed by atoms with Gasteiger partial charge in [0.2, 0.25) is 15.9 Å². The molecule has 0 fully saturated rings. The van der Waals surface area contributed by atoms with Crippen molar-refractivity contribution in [3.8, 4) is 0 Å². The largest absolute Gasteiger partial charge is 0.389 e. The number of rotatable bonds is 8. The highest BCUT2D eigenvalue weighted by molar-refractivity contribution is 7.88. The second-order valence-corrected chi connectivity index (χ2v) is 6.62.